The molecule has 0 bridgehead atoms. The predicted octanol–water partition coefficient (Wildman–Crippen LogP) is -0.109. The summed E-state index contributed by atoms with van der Waals surface area (Å²) in [4.78, 5) is 23.1. The number of carbonyl (C=O) groups is 2. The van der Waals surface area contributed by atoms with E-state index in [9.17, 15) is 9.59 Å². The van der Waals surface area contributed by atoms with Crippen LogP contribution in [0.4, 0.5) is 4.79 Å². The molecule has 1 atom stereocenters. The highest BCUT2D eigenvalue weighted by Gasteiger charge is 2.25. The van der Waals surface area contributed by atoms with Gasteiger partial charge in [0, 0.05) is 6.54 Å². The average Bonchev–Trinajstić information content (AvgIpc) is 2.50. The minimum Gasteiger partial charge on any atom is -0.480 e. The molecule has 0 aromatic carbocycles. The van der Waals surface area contributed by atoms with Crippen molar-refractivity contribution in [1.82, 2.24) is 10.2 Å². The van der Waals surface area contributed by atoms with Crippen molar-refractivity contribution in [2.24, 2.45) is 0 Å². The summed E-state index contributed by atoms with van der Waals surface area (Å²) in [5, 5.41) is 11.2. The zero-order valence-corrected chi connectivity index (χ0v) is 8.73. The van der Waals surface area contributed by atoms with E-state index in [1.165, 1.54) is 0 Å². The second kappa shape index (κ2) is 5.55. The van der Waals surface area contributed by atoms with E-state index in [1.54, 1.807) is 4.90 Å². The number of aliphatic carboxylic acids is 1. The van der Waals surface area contributed by atoms with Gasteiger partial charge in [-0.1, -0.05) is 6.92 Å². The van der Waals surface area contributed by atoms with Gasteiger partial charge in [-0.15, -0.1) is 0 Å². The summed E-state index contributed by atoms with van der Waals surface area (Å²) in [6.07, 6.45) is 0.219. The Morgan fingerprint density at radius 3 is 2.93 bits per heavy atom. The summed E-state index contributed by atoms with van der Waals surface area (Å²) in [7, 11) is 0. The van der Waals surface area contributed by atoms with Crippen LogP contribution in [0.15, 0.2) is 0 Å². The molecule has 0 aliphatic carbocycles. The van der Waals surface area contributed by atoms with Crippen molar-refractivity contribution >= 4 is 12.1 Å². The Kier molecular flexibility index (Phi) is 4.36. The van der Waals surface area contributed by atoms with Crippen molar-refractivity contribution < 1.29 is 19.4 Å². The highest BCUT2D eigenvalue weighted by atomic mass is 16.6. The number of carboxylic acids is 1. The molecule has 86 valence electrons. The normalized spacial score (nSPS) is 20.1. The van der Waals surface area contributed by atoms with Gasteiger partial charge in [-0.2, -0.15) is 0 Å². The molecular weight excluding hydrogens is 200 g/mol. The Balaban J connectivity index is 2.36. The van der Waals surface area contributed by atoms with Gasteiger partial charge in [0.15, 0.2) is 0 Å². The summed E-state index contributed by atoms with van der Waals surface area (Å²) < 4.78 is 4.94. The van der Waals surface area contributed by atoms with E-state index in [0.717, 1.165) is 6.42 Å². The third kappa shape index (κ3) is 4.16. The number of cyclic esters (lactones) is 1. The molecule has 1 aliphatic heterocycles. The molecule has 0 saturated carbocycles. The maximum Gasteiger partial charge on any atom is 0.407 e. The zero-order valence-electron chi connectivity index (χ0n) is 8.73. The predicted molar refractivity (Wildman–Crippen MR) is 52.6 cm³/mol. The number of rotatable bonds is 6. The van der Waals surface area contributed by atoms with Gasteiger partial charge in [-0.05, 0) is 13.0 Å². The van der Waals surface area contributed by atoms with E-state index in [-0.39, 0.29) is 12.6 Å². The van der Waals surface area contributed by atoms with Crippen LogP contribution in [-0.2, 0) is 9.53 Å². The van der Waals surface area contributed by atoms with Crippen molar-refractivity contribution in [3.05, 3.63) is 0 Å². The standard InChI is InChI=1S/C9H16N2O4/c1-2-3-11(6-8(12)13)5-7-4-10-9(14)15-7/h7H,2-6H2,1H3,(H,10,14)(H,12,13). The second-order valence-corrected chi connectivity index (χ2v) is 3.54. The molecule has 1 fully saturated rings. The summed E-state index contributed by atoms with van der Waals surface area (Å²) in [6, 6.07) is 0. The van der Waals surface area contributed by atoms with Crippen molar-refractivity contribution in [2.75, 3.05) is 26.2 Å². The largest absolute Gasteiger partial charge is 0.480 e. The van der Waals surface area contributed by atoms with Gasteiger partial charge in [-0.3, -0.25) is 9.69 Å². The smallest absolute Gasteiger partial charge is 0.407 e. The number of carboxylic acid groups (broad SMARTS) is 1. The third-order valence-corrected chi connectivity index (χ3v) is 2.11. The Labute approximate surface area is 88.2 Å². The van der Waals surface area contributed by atoms with E-state index in [4.69, 9.17) is 9.84 Å². The number of ether oxygens (including phenoxy) is 1. The minimum atomic E-state index is -0.860. The Morgan fingerprint density at radius 2 is 2.47 bits per heavy atom. The van der Waals surface area contributed by atoms with Crippen LogP contribution in [0.1, 0.15) is 13.3 Å². The minimum absolute atomic E-state index is 0.0120. The first-order chi connectivity index (χ1) is 7.11. The SMILES string of the molecule is CCCN(CC(=O)O)CC1CNC(=O)O1. The number of carbonyl (C=O) groups excluding carboxylic acids is 1. The maximum atomic E-state index is 10.7. The van der Waals surface area contributed by atoms with Crippen LogP contribution in [-0.4, -0.2) is 54.4 Å². The lowest BCUT2D eigenvalue weighted by atomic mass is 10.3. The first kappa shape index (κ1) is 11.8. The summed E-state index contributed by atoms with van der Waals surface area (Å²) in [6.45, 7) is 3.59. The molecule has 0 spiro atoms. The van der Waals surface area contributed by atoms with Gasteiger partial charge in [0.25, 0.3) is 0 Å². The van der Waals surface area contributed by atoms with Crippen LogP contribution < -0.4 is 5.32 Å². The Morgan fingerprint density at radius 1 is 1.73 bits per heavy atom. The molecule has 1 amide bonds. The second-order valence-electron chi connectivity index (χ2n) is 3.54. The van der Waals surface area contributed by atoms with Crippen molar-refractivity contribution in [2.45, 2.75) is 19.4 Å². The highest BCUT2D eigenvalue weighted by molar-refractivity contribution is 5.70. The van der Waals surface area contributed by atoms with Crippen LogP contribution in [0.2, 0.25) is 0 Å². The first-order valence-corrected chi connectivity index (χ1v) is 5.00. The van der Waals surface area contributed by atoms with Crippen LogP contribution in [0.25, 0.3) is 0 Å². The third-order valence-electron chi connectivity index (χ3n) is 2.11. The number of nitrogens with one attached hydrogen (secondary N) is 1. The molecule has 1 saturated heterocycles. The molecule has 1 rings (SSSR count). The summed E-state index contributed by atoms with van der Waals surface area (Å²) >= 11 is 0. The van der Waals surface area contributed by atoms with E-state index < -0.39 is 12.1 Å². The number of hydrogen-bond acceptors (Lipinski definition) is 4. The van der Waals surface area contributed by atoms with Crippen LogP contribution >= 0.6 is 0 Å². The average molecular weight is 216 g/mol. The van der Waals surface area contributed by atoms with Crippen LogP contribution in [0.5, 0.6) is 0 Å². The number of alkyl carbamates (subject to hydrolysis) is 1. The lowest BCUT2D eigenvalue weighted by molar-refractivity contribution is -0.138. The van der Waals surface area contributed by atoms with Crippen molar-refractivity contribution in [1.29, 1.82) is 0 Å². The summed E-state index contributed by atoms with van der Waals surface area (Å²) in [5.74, 6) is -0.860. The lowest BCUT2D eigenvalue weighted by Crippen LogP contribution is -2.38. The molecule has 1 heterocycles. The van der Waals surface area contributed by atoms with Crippen molar-refractivity contribution in [3.8, 4) is 0 Å². The van der Waals surface area contributed by atoms with E-state index in [0.29, 0.717) is 19.6 Å². The van der Waals surface area contributed by atoms with E-state index in [2.05, 4.69) is 5.32 Å². The quantitative estimate of drug-likeness (QED) is 0.647. The number of nitrogens with zero attached hydrogens (tertiary/aromatic N) is 1. The van der Waals surface area contributed by atoms with Crippen molar-refractivity contribution in [3.63, 3.8) is 0 Å². The number of amides is 1. The highest BCUT2D eigenvalue weighted by Crippen LogP contribution is 2.03. The fourth-order valence-electron chi connectivity index (χ4n) is 1.56. The maximum absolute atomic E-state index is 10.7. The molecule has 6 heteroatoms. The first-order valence-electron chi connectivity index (χ1n) is 5.00. The van der Waals surface area contributed by atoms with Gasteiger partial charge in [0.2, 0.25) is 0 Å². The fourth-order valence-corrected chi connectivity index (χ4v) is 1.56. The van der Waals surface area contributed by atoms with Crippen LogP contribution in [0.3, 0.4) is 0 Å². The Hall–Kier alpha value is -1.30. The monoisotopic (exact) mass is 216 g/mol. The number of hydrogen-bond donors (Lipinski definition) is 2. The van der Waals surface area contributed by atoms with Gasteiger partial charge >= 0.3 is 12.1 Å². The molecule has 0 aromatic heterocycles. The molecule has 1 aliphatic rings. The topological polar surface area (TPSA) is 78.9 Å². The van der Waals surface area contributed by atoms with E-state index >= 15 is 0 Å². The fraction of sp³-hybridized carbons (Fsp3) is 0.778. The molecule has 0 radical (unpaired) electrons. The molecular formula is C9H16N2O4. The molecule has 0 aromatic rings. The molecule has 6 nitrogen and oxygen atoms in total. The van der Waals surface area contributed by atoms with Gasteiger partial charge < -0.3 is 15.2 Å². The van der Waals surface area contributed by atoms with Gasteiger partial charge in [-0.25, -0.2) is 4.79 Å². The Bertz CT molecular complexity index is 244. The molecule has 1 unspecified atom stereocenters. The van der Waals surface area contributed by atoms with Gasteiger partial charge in [0.1, 0.15) is 6.10 Å². The van der Waals surface area contributed by atoms with Gasteiger partial charge in [0.05, 0.1) is 13.1 Å². The van der Waals surface area contributed by atoms with Crippen LogP contribution in [0, 0.1) is 0 Å². The zero-order chi connectivity index (χ0) is 11.3. The molecule has 15 heavy (non-hydrogen) atoms. The lowest BCUT2D eigenvalue weighted by Gasteiger charge is -2.21. The molecule has 2 N–H and O–H groups in total. The summed E-state index contributed by atoms with van der Waals surface area (Å²) in [5.41, 5.74) is 0. The van der Waals surface area contributed by atoms with E-state index in [1.807, 2.05) is 6.92 Å².